The van der Waals surface area contributed by atoms with E-state index >= 15 is 4.39 Å². The van der Waals surface area contributed by atoms with Gasteiger partial charge in [-0.2, -0.15) is 5.10 Å². The number of carbonyl (C=O) groups is 2. The van der Waals surface area contributed by atoms with E-state index in [1.54, 1.807) is 17.2 Å². The molecule has 0 saturated carbocycles. The molecule has 206 valence electrons. The summed E-state index contributed by atoms with van der Waals surface area (Å²) in [5.41, 5.74) is 4.27. The van der Waals surface area contributed by atoms with Gasteiger partial charge in [-0.15, -0.1) is 0 Å². The highest BCUT2D eigenvalue weighted by Gasteiger charge is 2.26. The number of aromatic nitrogens is 3. The summed E-state index contributed by atoms with van der Waals surface area (Å²) in [6.45, 7) is 11.1. The summed E-state index contributed by atoms with van der Waals surface area (Å²) >= 11 is 0. The molecule has 2 aromatic carbocycles. The van der Waals surface area contributed by atoms with Crippen molar-refractivity contribution in [3.63, 3.8) is 0 Å². The van der Waals surface area contributed by atoms with Crippen LogP contribution in [0.2, 0.25) is 0 Å². The minimum absolute atomic E-state index is 0.000185. The van der Waals surface area contributed by atoms with Crippen molar-refractivity contribution in [2.24, 2.45) is 0 Å². The Morgan fingerprint density at radius 2 is 2.02 bits per heavy atom. The Morgan fingerprint density at radius 1 is 1.20 bits per heavy atom. The van der Waals surface area contributed by atoms with Crippen LogP contribution in [0, 0.1) is 5.82 Å². The number of rotatable bonds is 8. The van der Waals surface area contributed by atoms with E-state index in [4.69, 9.17) is 0 Å². The number of aryl methyl sites for hydroxylation is 1. The number of amides is 1. The number of anilines is 1. The van der Waals surface area contributed by atoms with Crippen molar-refractivity contribution >= 4 is 28.5 Å². The summed E-state index contributed by atoms with van der Waals surface area (Å²) in [5, 5.41) is 11.6. The highest BCUT2D eigenvalue weighted by Crippen LogP contribution is 2.33. The summed E-state index contributed by atoms with van der Waals surface area (Å²) in [5.74, 6) is 0.170. The fourth-order valence-electron chi connectivity index (χ4n) is 5.17. The number of aromatic amines is 1. The Balaban J connectivity index is 1.33. The molecule has 1 saturated heterocycles. The standard InChI is InChI=1S/C32H34FN5O2/c1-5-28(40)38-16-14-24(19-38)35-31-29-25(13-15-34-30(29)36-37-31)21-10-9-20(26(33)18-21)11-12-27(39)22-7-6-8-23(17-22)32(2,3)4/h5-10,13,15,17-18,24H,1,11-12,14,16,19H2,2-4H3,(H2,34,35,36,37)/t24-/m1/s1. The predicted octanol–water partition coefficient (Wildman–Crippen LogP) is 6.08. The van der Waals surface area contributed by atoms with Gasteiger partial charge in [0.2, 0.25) is 5.91 Å². The molecule has 0 radical (unpaired) electrons. The molecule has 0 bridgehead atoms. The Labute approximate surface area is 233 Å². The fourth-order valence-corrected chi connectivity index (χ4v) is 5.17. The van der Waals surface area contributed by atoms with Crippen LogP contribution in [0.5, 0.6) is 0 Å². The van der Waals surface area contributed by atoms with Crippen LogP contribution in [0.25, 0.3) is 22.2 Å². The maximum absolute atomic E-state index is 15.3. The van der Waals surface area contributed by atoms with Gasteiger partial charge in [0.15, 0.2) is 17.2 Å². The number of pyridine rings is 1. The Morgan fingerprint density at radius 3 is 2.77 bits per heavy atom. The largest absolute Gasteiger partial charge is 0.363 e. The van der Waals surface area contributed by atoms with Crippen LogP contribution in [0.1, 0.15) is 55.1 Å². The first-order valence-electron chi connectivity index (χ1n) is 13.6. The molecular weight excluding hydrogens is 505 g/mol. The van der Waals surface area contributed by atoms with Crippen molar-refractivity contribution in [2.75, 3.05) is 18.4 Å². The van der Waals surface area contributed by atoms with Crippen molar-refractivity contribution in [2.45, 2.75) is 51.5 Å². The molecule has 7 nitrogen and oxygen atoms in total. The smallest absolute Gasteiger partial charge is 0.246 e. The van der Waals surface area contributed by atoms with Gasteiger partial charge in [0, 0.05) is 37.3 Å². The molecule has 0 spiro atoms. The number of carbonyl (C=O) groups excluding carboxylic acids is 2. The second-order valence-electron chi connectivity index (χ2n) is 11.3. The highest BCUT2D eigenvalue weighted by molar-refractivity contribution is 6.00. The average Bonchev–Trinajstić information content (AvgIpc) is 3.59. The van der Waals surface area contributed by atoms with E-state index in [1.165, 1.54) is 12.1 Å². The van der Waals surface area contributed by atoms with Crippen LogP contribution in [-0.2, 0) is 16.6 Å². The summed E-state index contributed by atoms with van der Waals surface area (Å²) in [7, 11) is 0. The van der Waals surface area contributed by atoms with Gasteiger partial charge in [0.25, 0.3) is 0 Å². The van der Waals surface area contributed by atoms with Crippen LogP contribution in [0.4, 0.5) is 10.2 Å². The van der Waals surface area contributed by atoms with Crippen molar-refractivity contribution in [3.8, 4) is 11.1 Å². The zero-order valence-corrected chi connectivity index (χ0v) is 23.1. The molecular formula is C32H34FN5O2. The summed E-state index contributed by atoms with van der Waals surface area (Å²) in [6, 6.07) is 14.7. The van der Waals surface area contributed by atoms with Crippen molar-refractivity contribution < 1.29 is 14.0 Å². The van der Waals surface area contributed by atoms with E-state index in [0.717, 1.165) is 22.9 Å². The number of fused-ring (bicyclic) bond motifs is 1. The number of hydrogen-bond donors (Lipinski definition) is 2. The second-order valence-corrected chi connectivity index (χ2v) is 11.3. The van der Waals surface area contributed by atoms with Gasteiger partial charge in [0.05, 0.1) is 5.39 Å². The third kappa shape index (κ3) is 5.66. The SMILES string of the molecule is C=CC(=O)N1CC[C@@H](Nc2n[nH]c3nccc(-c4ccc(CCC(=O)c5cccc(C(C)(C)C)c5)c(F)c4)c23)C1. The van der Waals surface area contributed by atoms with Crippen LogP contribution in [0.3, 0.4) is 0 Å². The molecule has 1 aliphatic rings. The maximum atomic E-state index is 15.3. The van der Waals surface area contributed by atoms with Crippen LogP contribution in [-0.4, -0.2) is 50.9 Å². The molecule has 5 rings (SSSR count). The van der Waals surface area contributed by atoms with Crippen molar-refractivity contribution in [3.05, 3.63) is 89.9 Å². The highest BCUT2D eigenvalue weighted by atomic mass is 19.1. The first-order valence-corrected chi connectivity index (χ1v) is 13.6. The first kappa shape index (κ1) is 27.2. The van der Waals surface area contributed by atoms with E-state index in [9.17, 15) is 9.59 Å². The maximum Gasteiger partial charge on any atom is 0.246 e. The van der Waals surface area contributed by atoms with E-state index in [0.29, 0.717) is 47.7 Å². The molecule has 1 atom stereocenters. The lowest BCUT2D eigenvalue weighted by atomic mass is 9.85. The molecule has 40 heavy (non-hydrogen) atoms. The number of hydrogen-bond acceptors (Lipinski definition) is 5. The monoisotopic (exact) mass is 539 g/mol. The molecule has 4 aromatic rings. The van der Waals surface area contributed by atoms with Gasteiger partial charge < -0.3 is 10.2 Å². The lowest BCUT2D eigenvalue weighted by Crippen LogP contribution is -2.30. The fraction of sp³-hybridized carbons (Fsp3) is 0.312. The predicted molar refractivity (Wildman–Crippen MR) is 156 cm³/mol. The Kier molecular flexibility index (Phi) is 7.52. The minimum Gasteiger partial charge on any atom is -0.363 e. The second kappa shape index (κ2) is 11.0. The molecule has 3 heterocycles. The van der Waals surface area contributed by atoms with Crippen LogP contribution in [0.15, 0.2) is 67.4 Å². The lowest BCUT2D eigenvalue weighted by molar-refractivity contribution is -0.125. The van der Waals surface area contributed by atoms with Gasteiger partial charge in [-0.05, 0) is 64.8 Å². The molecule has 1 fully saturated rings. The average molecular weight is 540 g/mol. The van der Waals surface area contributed by atoms with Crippen LogP contribution < -0.4 is 5.32 Å². The quantitative estimate of drug-likeness (QED) is 0.209. The van der Waals surface area contributed by atoms with E-state index in [1.807, 2.05) is 36.4 Å². The topological polar surface area (TPSA) is 91.0 Å². The lowest BCUT2D eigenvalue weighted by Gasteiger charge is -2.19. The van der Waals surface area contributed by atoms with Gasteiger partial charge >= 0.3 is 0 Å². The molecule has 1 amide bonds. The van der Waals surface area contributed by atoms with Gasteiger partial charge in [-0.1, -0.05) is 57.7 Å². The number of ketones is 1. The van der Waals surface area contributed by atoms with E-state index in [2.05, 4.69) is 47.8 Å². The molecule has 2 aromatic heterocycles. The van der Waals surface area contributed by atoms with Gasteiger partial charge in [-0.3, -0.25) is 14.7 Å². The number of nitrogens with zero attached hydrogens (tertiary/aromatic N) is 3. The summed E-state index contributed by atoms with van der Waals surface area (Å²) < 4.78 is 15.3. The number of nitrogens with one attached hydrogen (secondary N) is 2. The molecule has 0 unspecified atom stereocenters. The molecule has 1 aliphatic heterocycles. The molecule has 2 N–H and O–H groups in total. The van der Waals surface area contributed by atoms with E-state index < -0.39 is 0 Å². The van der Waals surface area contributed by atoms with Crippen LogP contribution >= 0.6 is 0 Å². The van der Waals surface area contributed by atoms with Crippen molar-refractivity contribution in [1.29, 1.82) is 0 Å². The molecule has 0 aliphatic carbocycles. The normalized spacial score (nSPS) is 15.4. The third-order valence-corrected chi connectivity index (χ3v) is 7.51. The number of likely N-dealkylation sites (tertiary alicyclic amines) is 1. The number of benzene rings is 2. The number of halogens is 1. The summed E-state index contributed by atoms with van der Waals surface area (Å²) in [4.78, 5) is 31.0. The Hall–Kier alpha value is -4.33. The van der Waals surface area contributed by atoms with Gasteiger partial charge in [0.1, 0.15) is 5.82 Å². The zero-order valence-electron chi connectivity index (χ0n) is 23.1. The van der Waals surface area contributed by atoms with E-state index in [-0.39, 0.29) is 35.4 Å². The van der Waals surface area contributed by atoms with Crippen molar-refractivity contribution in [1.82, 2.24) is 20.1 Å². The Bertz CT molecular complexity index is 1590. The number of Topliss-reactive ketones (excluding diaryl/α,β-unsaturated/α-hetero) is 1. The number of H-pyrrole nitrogens is 1. The minimum atomic E-state index is -0.355. The summed E-state index contributed by atoms with van der Waals surface area (Å²) in [6.07, 6.45) is 4.32. The first-order chi connectivity index (χ1) is 19.1. The third-order valence-electron chi connectivity index (χ3n) is 7.51. The molecule has 8 heteroatoms. The van der Waals surface area contributed by atoms with Gasteiger partial charge in [-0.25, -0.2) is 9.37 Å². The zero-order chi connectivity index (χ0) is 28.4.